The molecule has 0 bridgehead atoms. The van der Waals surface area contributed by atoms with Gasteiger partial charge in [-0.1, -0.05) is 24.8 Å². The van der Waals surface area contributed by atoms with E-state index < -0.39 is 0 Å². The van der Waals surface area contributed by atoms with Gasteiger partial charge in [0.25, 0.3) is 0 Å². The molecule has 0 saturated heterocycles. The van der Waals surface area contributed by atoms with Crippen LogP contribution in [0.5, 0.6) is 5.75 Å². The lowest BCUT2D eigenvalue weighted by atomic mass is 10.2. The second-order valence-electron chi connectivity index (χ2n) is 2.99. The Bertz CT molecular complexity index is 325. The summed E-state index contributed by atoms with van der Waals surface area (Å²) in [7, 11) is 0. The maximum absolute atomic E-state index is 5.67. The largest absolute Gasteiger partial charge is 0.485 e. The van der Waals surface area contributed by atoms with Crippen molar-refractivity contribution in [2.45, 2.75) is 19.6 Å². The molecule has 1 rings (SSSR count). The molecule has 0 heterocycles. The van der Waals surface area contributed by atoms with Gasteiger partial charge in [0.2, 0.25) is 0 Å². The summed E-state index contributed by atoms with van der Waals surface area (Å²) in [5.74, 6) is 0.808. The molecule has 0 aliphatic carbocycles. The van der Waals surface area contributed by atoms with E-state index in [1.54, 1.807) is 6.08 Å². The Kier molecular flexibility index (Phi) is 4.17. The Morgan fingerprint density at radius 3 is 2.93 bits per heavy atom. The molecule has 0 aliphatic rings. The monoisotopic (exact) mass is 255 g/mol. The van der Waals surface area contributed by atoms with Crippen molar-refractivity contribution in [2.24, 2.45) is 5.73 Å². The fraction of sp³-hybridized carbons (Fsp3) is 0.273. The van der Waals surface area contributed by atoms with Crippen LogP contribution in [0.25, 0.3) is 0 Å². The van der Waals surface area contributed by atoms with E-state index in [1.165, 1.54) is 0 Å². The summed E-state index contributed by atoms with van der Waals surface area (Å²) >= 11 is 3.43. The number of nitrogens with two attached hydrogens (primary N) is 1. The maximum Gasteiger partial charge on any atom is 0.138 e. The van der Waals surface area contributed by atoms with Crippen LogP contribution in [0.3, 0.4) is 0 Å². The van der Waals surface area contributed by atoms with Crippen LogP contribution in [0.4, 0.5) is 0 Å². The highest BCUT2D eigenvalue weighted by Gasteiger charge is 2.08. The van der Waals surface area contributed by atoms with Gasteiger partial charge < -0.3 is 10.5 Å². The van der Waals surface area contributed by atoms with Crippen LogP contribution in [0.2, 0.25) is 0 Å². The van der Waals surface area contributed by atoms with Crippen LogP contribution < -0.4 is 10.5 Å². The predicted molar refractivity (Wildman–Crippen MR) is 62.3 cm³/mol. The zero-order chi connectivity index (χ0) is 10.6. The van der Waals surface area contributed by atoms with E-state index in [-0.39, 0.29) is 6.10 Å². The van der Waals surface area contributed by atoms with Gasteiger partial charge in [0.05, 0.1) is 4.47 Å². The van der Waals surface area contributed by atoms with Gasteiger partial charge in [0, 0.05) is 12.1 Å². The van der Waals surface area contributed by atoms with E-state index in [1.807, 2.05) is 25.1 Å². The summed E-state index contributed by atoms with van der Waals surface area (Å²) in [6.45, 7) is 6.08. The van der Waals surface area contributed by atoms with E-state index in [4.69, 9.17) is 10.5 Å². The minimum Gasteiger partial charge on any atom is -0.485 e. The molecular weight excluding hydrogens is 242 g/mol. The SMILES string of the molecule is C=CC(C)Oc1c(Br)cccc1CN. The summed E-state index contributed by atoms with van der Waals surface area (Å²) in [5, 5.41) is 0. The van der Waals surface area contributed by atoms with Gasteiger partial charge in [0.1, 0.15) is 11.9 Å². The summed E-state index contributed by atoms with van der Waals surface area (Å²) < 4.78 is 6.60. The van der Waals surface area contributed by atoms with Crippen LogP contribution in [-0.4, -0.2) is 6.10 Å². The number of rotatable bonds is 4. The van der Waals surface area contributed by atoms with Crippen molar-refractivity contribution in [1.82, 2.24) is 0 Å². The average Bonchev–Trinajstić information content (AvgIpc) is 2.20. The molecule has 3 heteroatoms. The van der Waals surface area contributed by atoms with Gasteiger partial charge in [-0.05, 0) is 28.9 Å². The highest BCUT2D eigenvalue weighted by Crippen LogP contribution is 2.29. The summed E-state index contributed by atoms with van der Waals surface area (Å²) in [5.41, 5.74) is 6.60. The lowest BCUT2D eigenvalue weighted by Gasteiger charge is -2.15. The summed E-state index contributed by atoms with van der Waals surface area (Å²) in [4.78, 5) is 0. The molecule has 2 nitrogen and oxygen atoms in total. The molecule has 1 unspecified atom stereocenters. The summed E-state index contributed by atoms with van der Waals surface area (Å²) in [6, 6.07) is 5.83. The van der Waals surface area contributed by atoms with Gasteiger partial charge in [-0.2, -0.15) is 0 Å². The Morgan fingerprint density at radius 1 is 1.64 bits per heavy atom. The molecule has 1 atom stereocenters. The molecule has 0 fully saturated rings. The Hall–Kier alpha value is -0.800. The first-order chi connectivity index (χ1) is 6.69. The number of benzene rings is 1. The lowest BCUT2D eigenvalue weighted by molar-refractivity contribution is 0.266. The van der Waals surface area contributed by atoms with Crippen LogP contribution in [-0.2, 0) is 6.54 Å². The van der Waals surface area contributed by atoms with E-state index in [9.17, 15) is 0 Å². The van der Waals surface area contributed by atoms with Gasteiger partial charge in [-0.25, -0.2) is 0 Å². The van der Waals surface area contributed by atoms with Gasteiger partial charge >= 0.3 is 0 Å². The third-order valence-electron chi connectivity index (χ3n) is 1.90. The highest BCUT2D eigenvalue weighted by molar-refractivity contribution is 9.10. The third kappa shape index (κ3) is 2.59. The third-order valence-corrected chi connectivity index (χ3v) is 2.53. The zero-order valence-corrected chi connectivity index (χ0v) is 9.75. The number of para-hydroxylation sites is 1. The minimum atomic E-state index is -0.0148. The number of hydrogen-bond donors (Lipinski definition) is 1. The van der Waals surface area contributed by atoms with Crippen molar-refractivity contribution in [3.8, 4) is 5.75 Å². The topological polar surface area (TPSA) is 35.2 Å². The first-order valence-corrected chi connectivity index (χ1v) is 5.25. The molecule has 0 aromatic heterocycles. The average molecular weight is 256 g/mol. The van der Waals surface area contributed by atoms with E-state index in [2.05, 4.69) is 22.5 Å². The Morgan fingerprint density at radius 2 is 2.36 bits per heavy atom. The molecule has 0 radical (unpaired) electrons. The normalized spacial score (nSPS) is 12.2. The van der Waals surface area contributed by atoms with Gasteiger partial charge in [-0.3, -0.25) is 0 Å². The molecule has 0 saturated carbocycles. The predicted octanol–water partition coefficient (Wildman–Crippen LogP) is 2.86. The molecule has 0 spiro atoms. The van der Waals surface area contributed by atoms with E-state index in [0.717, 1.165) is 15.8 Å². The molecule has 0 aliphatic heterocycles. The van der Waals surface area contributed by atoms with Crippen molar-refractivity contribution >= 4 is 15.9 Å². The summed E-state index contributed by atoms with van der Waals surface area (Å²) in [6.07, 6.45) is 1.73. The fourth-order valence-electron chi connectivity index (χ4n) is 1.08. The van der Waals surface area contributed by atoms with Crippen molar-refractivity contribution < 1.29 is 4.74 Å². The molecular formula is C11H14BrNO. The molecule has 14 heavy (non-hydrogen) atoms. The molecule has 1 aromatic carbocycles. The van der Waals surface area contributed by atoms with Crippen LogP contribution in [0, 0.1) is 0 Å². The van der Waals surface area contributed by atoms with Crippen LogP contribution in [0.15, 0.2) is 35.3 Å². The van der Waals surface area contributed by atoms with E-state index >= 15 is 0 Å². The van der Waals surface area contributed by atoms with Crippen molar-refractivity contribution in [1.29, 1.82) is 0 Å². The Labute approximate surface area is 92.9 Å². The second kappa shape index (κ2) is 5.17. The quantitative estimate of drug-likeness (QED) is 0.840. The first-order valence-electron chi connectivity index (χ1n) is 4.45. The molecule has 0 amide bonds. The van der Waals surface area contributed by atoms with Crippen LogP contribution in [0.1, 0.15) is 12.5 Å². The molecule has 1 aromatic rings. The molecule has 2 N–H and O–H groups in total. The van der Waals surface area contributed by atoms with Crippen molar-refractivity contribution in [2.75, 3.05) is 0 Å². The van der Waals surface area contributed by atoms with Gasteiger partial charge in [-0.15, -0.1) is 0 Å². The van der Waals surface area contributed by atoms with E-state index in [0.29, 0.717) is 6.54 Å². The minimum absolute atomic E-state index is 0.0148. The van der Waals surface area contributed by atoms with Crippen LogP contribution >= 0.6 is 15.9 Å². The lowest BCUT2D eigenvalue weighted by Crippen LogP contribution is -2.10. The maximum atomic E-state index is 5.67. The fourth-order valence-corrected chi connectivity index (χ4v) is 1.58. The highest BCUT2D eigenvalue weighted by atomic mass is 79.9. The first kappa shape index (κ1) is 11.3. The van der Waals surface area contributed by atoms with Crippen molar-refractivity contribution in [3.63, 3.8) is 0 Å². The standard InChI is InChI=1S/C11H14BrNO/c1-3-8(2)14-11-9(7-13)5-4-6-10(11)12/h3-6,8H,1,7,13H2,2H3. The number of halogens is 1. The van der Waals surface area contributed by atoms with Gasteiger partial charge in [0.15, 0.2) is 0 Å². The smallest absolute Gasteiger partial charge is 0.138 e. The zero-order valence-electron chi connectivity index (χ0n) is 8.16. The Balaban J connectivity index is 2.98. The number of ether oxygens (including phenoxy) is 1. The van der Waals surface area contributed by atoms with Crippen molar-refractivity contribution in [3.05, 3.63) is 40.9 Å². The second-order valence-corrected chi connectivity index (χ2v) is 3.85. The molecule has 76 valence electrons. The number of hydrogen-bond acceptors (Lipinski definition) is 2.